The second kappa shape index (κ2) is 3.54. The van der Waals surface area contributed by atoms with E-state index >= 15 is 0 Å². The van der Waals surface area contributed by atoms with E-state index in [-0.39, 0.29) is 12.4 Å². The molecule has 0 aliphatic carbocycles. The van der Waals surface area contributed by atoms with Crippen LogP contribution in [0.15, 0.2) is 24.4 Å². The Morgan fingerprint density at radius 3 is 2.50 bits per heavy atom. The van der Waals surface area contributed by atoms with Crippen molar-refractivity contribution in [3.05, 3.63) is 24.4 Å². The number of allylic oxidation sites excluding steroid dienone is 2. The summed E-state index contributed by atoms with van der Waals surface area (Å²) in [5.74, 6) is 0. The largest absolute Gasteiger partial charge is 1.00 e. The average Bonchev–Trinajstić information content (AvgIpc) is 1.90. The predicted octanol–water partition coefficient (Wildman–Crippen LogP) is -2.32. The molecule has 0 saturated carbocycles. The number of carbonyl (C=O) groups is 1. The Bertz CT molecular complexity index is 176. The average molecular weight is 160 g/mol. The van der Waals surface area contributed by atoms with Crippen LogP contribution in [-0.4, -0.2) is 24.5 Å². The first-order valence-corrected chi connectivity index (χ1v) is 2.92. The van der Waals surface area contributed by atoms with Crippen molar-refractivity contribution < 1.29 is 21.7 Å². The summed E-state index contributed by atoms with van der Waals surface area (Å²) in [6, 6.07) is 0. The summed E-state index contributed by atoms with van der Waals surface area (Å²) in [4.78, 5) is 10.4. The van der Waals surface area contributed by atoms with Gasteiger partial charge in [-0.05, 0) is 12.2 Å². The standard InChI is InChI=1S/C7H10NO.ClH/c1-8(7-9)5-3-2-4-6-8;/h2-5,7H,6H2,1H3;1H/q+1;/p-1. The van der Waals surface area contributed by atoms with Crippen molar-refractivity contribution >= 4 is 6.41 Å². The van der Waals surface area contributed by atoms with Crippen LogP contribution in [-0.2, 0) is 4.79 Å². The molecule has 56 valence electrons. The molecule has 0 saturated heterocycles. The summed E-state index contributed by atoms with van der Waals surface area (Å²) in [7, 11) is 1.87. The lowest BCUT2D eigenvalue weighted by molar-refractivity contribution is -0.765. The number of rotatable bonds is 1. The Labute approximate surface area is 66.8 Å². The number of hydrogen-bond donors (Lipinski definition) is 0. The lowest BCUT2D eigenvalue weighted by Crippen LogP contribution is -3.00. The minimum Gasteiger partial charge on any atom is -1.00 e. The molecule has 0 fully saturated rings. The van der Waals surface area contributed by atoms with Crippen LogP contribution in [0.4, 0.5) is 0 Å². The van der Waals surface area contributed by atoms with Crippen molar-refractivity contribution in [3.63, 3.8) is 0 Å². The quantitative estimate of drug-likeness (QED) is 0.310. The van der Waals surface area contributed by atoms with Gasteiger partial charge in [0.2, 0.25) is 0 Å². The first-order valence-electron chi connectivity index (χ1n) is 2.92. The zero-order valence-electron chi connectivity index (χ0n) is 5.83. The van der Waals surface area contributed by atoms with Crippen LogP contribution >= 0.6 is 0 Å². The third kappa shape index (κ3) is 1.97. The van der Waals surface area contributed by atoms with Crippen LogP contribution in [0.25, 0.3) is 0 Å². The van der Waals surface area contributed by atoms with Crippen LogP contribution in [0.3, 0.4) is 0 Å². The Kier molecular flexibility index (Phi) is 3.33. The fourth-order valence-electron chi connectivity index (χ4n) is 0.752. The summed E-state index contributed by atoms with van der Waals surface area (Å²) in [6.45, 7) is 0.778. The van der Waals surface area contributed by atoms with Gasteiger partial charge in [-0.15, -0.1) is 0 Å². The second-order valence-electron chi connectivity index (χ2n) is 2.40. The Hall–Kier alpha value is -0.600. The van der Waals surface area contributed by atoms with E-state index in [9.17, 15) is 4.79 Å². The Morgan fingerprint density at radius 1 is 1.50 bits per heavy atom. The van der Waals surface area contributed by atoms with E-state index in [0.717, 1.165) is 13.0 Å². The molecular weight excluding hydrogens is 150 g/mol. The molecule has 10 heavy (non-hydrogen) atoms. The van der Waals surface area contributed by atoms with E-state index in [1.807, 2.05) is 31.5 Å². The highest BCUT2D eigenvalue weighted by molar-refractivity contribution is 5.39. The molecule has 2 nitrogen and oxygen atoms in total. The number of likely N-dealkylation sites (N-methyl/N-ethyl adjacent to an activating group) is 1. The van der Waals surface area contributed by atoms with Crippen LogP contribution in [0, 0.1) is 0 Å². The molecule has 3 heteroatoms. The van der Waals surface area contributed by atoms with E-state index in [4.69, 9.17) is 0 Å². The van der Waals surface area contributed by atoms with Gasteiger partial charge < -0.3 is 12.4 Å². The Morgan fingerprint density at radius 2 is 2.20 bits per heavy atom. The zero-order chi connectivity index (χ0) is 6.74. The molecule has 1 heterocycles. The van der Waals surface area contributed by atoms with Gasteiger partial charge in [-0.25, -0.2) is 9.28 Å². The summed E-state index contributed by atoms with van der Waals surface area (Å²) < 4.78 is 0.372. The lowest BCUT2D eigenvalue weighted by Gasteiger charge is -2.21. The minimum atomic E-state index is 0. The first kappa shape index (κ1) is 9.40. The molecule has 1 atom stereocenters. The van der Waals surface area contributed by atoms with E-state index in [0.29, 0.717) is 4.48 Å². The fourth-order valence-corrected chi connectivity index (χ4v) is 0.752. The number of quaternary nitrogens is 1. The van der Waals surface area contributed by atoms with Gasteiger partial charge in [0.15, 0.2) is 0 Å². The zero-order valence-corrected chi connectivity index (χ0v) is 6.58. The Balaban J connectivity index is 0.000000810. The lowest BCUT2D eigenvalue weighted by atomic mass is 10.3. The monoisotopic (exact) mass is 159 g/mol. The summed E-state index contributed by atoms with van der Waals surface area (Å²) in [5.41, 5.74) is 0. The van der Waals surface area contributed by atoms with E-state index in [2.05, 4.69) is 0 Å². The van der Waals surface area contributed by atoms with Crippen LogP contribution in [0.1, 0.15) is 0 Å². The van der Waals surface area contributed by atoms with Gasteiger partial charge in [0, 0.05) is 0 Å². The fraction of sp³-hybridized carbons (Fsp3) is 0.286. The van der Waals surface area contributed by atoms with Crippen LogP contribution in [0.2, 0.25) is 0 Å². The maximum atomic E-state index is 10.4. The topological polar surface area (TPSA) is 17.1 Å². The van der Waals surface area contributed by atoms with Crippen molar-refractivity contribution in [2.75, 3.05) is 13.6 Å². The molecular formula is C7H10ClNO. The summed E-state index contributed by atoms with van der Waals surface area (Å²) in [5, 5.41) is 0. The molecule has 0 aromatic carbocycles. The molecule has 0 spiro atoms. The highest BCUT2D eigenvalue weighted by atomic mass is 35.5. The van der Waals surface area contributed by atoms with E-state index < -0.39 is 0 Å². The minimum absolute atomic E-state index is 0. The summed E-state index contributed by atoms with van der Waals surface area (Å²) >= 11 is 0. The number of carbonyl (C=O) groups excluding carboxylic acids is 1. The molecule has 0 aromatic rings. The number of amides is 1. The van der Waals surface area contributed by atoms with Gasteiger partial charge in [0.05, 0.1) is 7.05 Å². The van der Waals surface area contributed by atoms with Gasteiger partial charge in [-0.1, -0.05) is 6.08 Å². The second-order valence-corrected chi connectivity index (χ2v) is 2.40. The van der Waals surface area contributed by atoms with Gasteiger partial charge in [0.1, 0.15) is 12.7 Å². The van der Waals surface area contributed by atoms with Crippen LogP contribution < -0.4 is 12.4 Å². The number of hydrogen-bond acceptors (Lipinski definition) is 1. The van der Waals surface area contributed by atoms with Crippen molar-refractivity contribution in [1.29, 1.82) is 0 Å². The van der Waals surface area contributed by atoms with E-state index in [1.54, 1.807) is 0 Å². The molecule has 1 amide bonds. The highest BCUT2D eigenvalue weighted by Crippen LogP contribution is 2.03. The summed E-state index contributed by atoms with van der Waals surface area (Å²) in [6.07, 6.45) is 8.61. The van der Waals surface area contributed by atoms with Gasteiger partial charge in [-0.2, -0.15) is 0 Å². The van der Waals surface area contributed by atoms with Gasteiger partial charge >= 0.3 is 6.41 Å². The maximum absolute atomic E-state index is 10.4. The SMILES string of the molecule is C[N+]1(C=O)C=CC=CC1.[Cl-]. The van der Waals surface area contributed by atoms with E-state index in [1.165, 1.54) is 0 Å². The normalized spacial score (nSPS) is 29.3. The maximum Gasteiger partial charge on any atom is 0.306 e. The number of nitrogens with zero attached hydrogens (tertiary/aromatic N) is 1. The van der Waals surface area contributed by atoms with Gasteiger partial charge in [-0.3, -0.25) is 0 Å². The molecule has 0 bridgehead atoms. The molecule has 1 unspecified atom stereocenters. The molecule has 1 rings (SSSR count). The third-order valence-electron chi connectivity index (χ3n) is 1.41. The first-order chi connectivity index (χ1) is 4.27. The molecule has 0 N–H and O–H groups in total. The molecule has 0 radical (unpaired) electrons. The predicted molar refractivity (Wildman–Crippen MR) is 35.4 cm³/mol. The van der Waals surface area contributed by atoms with Crippen molar-refractivity contribution in [1.82, 2.24) is 0 Å². The van der Waals surface area contributed by atoms with Gasteiger partial charge in [0.25, 0.3) is 0 Å². The van der Waals surface area contributed by atoms with Crippen molar-refractivity contribution in [2.24, 2.45) is 0 Å². The highest BCUT2D eigenvalue weighted by Gasteiger charge is 2.15. The van der Waals surface area contributed by atoms with Crippen LogP contribution in [0.5, 0.6) is 0 Å². The molecule has 1 aliphatic rings. The van der Waals surface area contributed by atoms with Crippen molar-refractivity contribution in [3.8, 4) is 0 Å². The smallest absolute Gasteiger partial charge is 0.306 e. The van der Waals surface area contributed by atoms with Crippen molar-refractivity contribution in [2.45, 2.75) is 0 Å². The number of halogens is 1. The third-order valence-corrected chi connectivity index (χ3v) is 1.41. The molecule has 0 aromatic heterocycles. The molecule has 1 aliphatic heterocycles.